The Balaban J connectivity index is 1.35. The summed E-state index contributed by atoms with van der Waals surface area (Å²) in [6.07, 6.45) is 2.57. The van der Waals surface area contributed by atoms with E-state index in [1.807, 2.05) is 66.7 Å². The fourth-order valence-corrected chi connectivity index (χ4v) is 6.54. The molecule has 0 aromatic heterocycles. The minimum absolute atomic E-state index is 0.0196. The lowest BCUT2D eigenvalue weighted by atomic mass is 10.0. The van der Waals surface area contributed by atoms with Gasteiger partial charge in [0.1, 0.15) is 11.8 Å². The minimum atomic E-state index is -3.56. The van der Waals surface area contributed by atoms with Crippen molar-refractivity contribution >= 4 is 33.4 Å². The van der Waals surface area contributed by atoms with Crippen molar-refractivity contribution in [3.05, 3.63) is 130 Å². The third-order valence-corrected chi connectivity index (χ3v) is 9.71. The quantitative estimate of drug-likeness (QED) is 0.171. The second-order valence-corrected chi connectivity index (χ2v) is 13.6. The monoisotopic (exact) mass is 659 g/mol. The van der Waals surface area contributed by atoms with Gasteiger partial charge in [-0.05, 0) is 77.9 Å². The van der Waals surface area contributed by atoms with Crippen molar-refractivity contribution in [3.8, 4) is 5.75 Å². The van der Waals surface area contributed by atoms with Gasteiger partial charge in [0, 0.05) is 37.0 Å². The minimum Gasteiger partial charge on any atom is -0.497 e. The molecule has 1 aliphatic rings. The SMILES string of the molecule is COc1ccc(CNC(=O)[C@H](Cc2ccccc2)N(Cc2ccc(Cl)cc2)C(=O)CCc2ccc(S(=O)(=O)NC3CC3)cc2)cc1. The van der Waals surface area contributed by atoms with E-state index in [-0.39, 0.29) is 35.7 Å². The van der Waals surface area contributed by atoms with E-state index in [0.717, 1.165) is 40.8 Å². The van der Waals surface area contributed by atoms with Gasteiger partial charge in [-0.15, -0.1) is 0 Å². The van der Waals surface area contributed by atoms with E-state index in [9.17, 15) is 18.0 Å². The molecule has 1 aliphatic carbocycles. The second-order valence-electron chi connectivity index (χ2n) is 11.5. The molecule has 240 valence electrons. The molecule has 1 atom stereocenters. The highest BCUT2D eigenvalue weighted by molar-refractivity contribution is 7.89. The zero-order valence-electron chi connectivity index (χ0n) is 25.7. The van der Waals surface area contributed by atoms with Crippen molar-refractivity contribution in [1.29, 1.82) is 0 Å². The number of nitrogens with zero attached hydrogens (tertiary/aromatic N) is 1. The molecule has 1 saturated carbocycles. The average molecular weight is 660 g/mol. The van der Waals surface area contributed by atoms with Crippen LogP contribution in [0.1, 0.15) is 41.5 Å². The van der Waals surface area contributed by atoms with Gasteiger partial charge in [0.15, 0.2) is 0 Å². The van der Waals surface area contributed by atoms with E-state index < -0.39 is 16.1 Å². The predicted octanol–water partition coefficient (Wildman–Crippen LogP) is 5.68. The molecule has 46 heavy (non-hydrogen) atoms. The molecule has 2 N–H and O–H groups in total. The number of methoxy groups -OCH3 is 1. The van der Waals surface area contributed by atoms with Crippen LogP contribution < -0.4 is 14.8 Å². The summed E-state index contributed by atoms with van der Waals surface area (Å²) in [5, 5.41) is 3.62. The van der Waals surface area contributed by atoms with E-state index in [0.29, 0.717) is 24.4 Å². The number of amides is 2. The Bertz CT molecular complexity index is 1710. The third-order valence-electron chi connectivity index (χ3n) is 7.92. The molecule has 0 radical (unpaired) electrons. The Morgan fingerprint density at radius 2 is 1.48 bits per heavy atom. The summed E-state index contributed by atoms with van der Waals surface area (Å²) >= 11 is 6.14. The van der Waals surface area contributed by atoms with Crippen LogP contribution in [0.5, 0.6) is 5.75 Å². The molecule has 0 saturated heterocycles. The normalized spacial score (nSPS) is 13.5. The topological polar surface area (TPSA) is 105 Å². The van der Waals surface area contributed by atoms with Crippen LogP contribution in [0.4, 0.5) is 0 Å². The van der Waals surface area contributed by atoms with Gasteiger partial charge < -0.3 is 15.0 Å². The lowest BCUT2D eigenvalue weighted by Gasteiger charge is -2.32. The van der Waals surface area contributed by atoms with Crippen molar-refractivity contribution in [3.63, 3.8) is 0 Å². The maximum atomic E-state index is 14.0. The molecular weight excluding hydrogens is 622 g/mol. The lowest BCUT2D eigenvalue weighted by molar-refractivity contribution is -0.141. The molecule has 5 rings (SSSR count). The first kappa shape index (κ1) is 33.2. The highest BCUT2D eigenvalue weighted by atomic mass is 35.5. The first-order chi connectivity index (χ1) is 22.2. The van der Waals surface area contributed by atoms with Crippen molar-refractivity contribution in [2.45, 2.75) is 62.2 Å². The summed E-state index contributed by atoms with van der Waals surface area (Å²) in [6.45, 7) is 0.509. The van der Waals surface area contributed by atoms with Gasteiger partial charge in [-0.1, -0.05) is 78.3 Å². The van der Waals surface area contributed by atoms with E-state index >= 15 is 0 Å². The third kappa shape index (κ3) is 9.42. The second kappa shape index (κ2) is 15.4. The maximum absolute atomic E-state index is 14.0. The van der Waals surface area contributed by atoms with Gasteiger partial charge in [0.25, 0.3) is 0 Å². The Hall–Kier alpha value is -4.18. The molecule has 8 nitrogen and oxygen atoms in total. The van der Waals surface area contributed by atoms with Crippen LogP contribution in [-0.4, -0.2) is 44.3 Å². The molecule has 2 amide bonds. The van der Waals surface area contributed by atoms with E-state index in [1.165, 1.54) is 0 Å². The first-order valence-electron chi connectivity index (χ1n) is 15.3. The first-order valence-corrected chi connectivity index (χ1v) is 17.2. The predicted molar refractivity (Wildman–Crippen MR) is 179 cm³/mol. The van der Waals surface area contributed by atoms with Gasteiger partial charge in [0.05, 0.1) is 12.0 Å². The largest absolute Gasteiger partial charge is 0.497 e. The summed E-state index contributed by atoms with van der Waals surface area (Å²) in [5.74, 6) is 0.269. The Morgan fingerprint density at radius 1 is 0.848 bits per heavy atom. The lowest BCUT2D eigenvalue weighted by Crippen LogP contribution is -2.50. The number of hydrogen-bond acceptors (Lipinski definition) is 5. The zero-order chi connectivity index (χ0) is 32.5. The van der Waals surface area contributed by atoms with Crippen LogP contribution >= 0.6 is 11.6 Å². The van der Waals surface area contributed by atoms with Crippen molar-refractivity contribution < 1.29 is 22.7 Å². The molecule has 0 unspecified atom stereocenters. The van der Waals surface area contributed by atoms with Crippen LogP contribution in [0.2, 0.25) is 5.02 Å². The Kier molecular flexibility index (Phi) is 11.1. The van der Waals surface area contributed by atoms with E-state index in [1.54, 1.807) is 48.4 Å². The number of sulfonamides is 1. The molecule has 10 heteroatoms. The smallest absolute Gasteiger partial charge is 0.243 e. The van der Waals surface area contributed by atoms with Crippen molar-refractivity contribution in [2.75, 3.05) is 7.11 Å². The average Bonchev–Trinajstić information content (AvgIpc) is 3.89. The zero-order valence-corrected chi connectivity index (χ0v) is 27.3. The summed E-state index contributed by atoms with van der Waals surface area (Å²) in [4.78, 5) is 29.8. The van der Waals surface area contributed by atoms with E-state index in [4.69, 9.17) is 16.3 Å². The van der Waals surface area contributed by atoms with E-state index in [2.05, 4.69) is 10.0 Å². The number of ether oxygens (including phenoxy) is 1. The van der Waals surface area contributed by atoms with Crippen LogP contribution in [0, 0.1) is 0 Å². The summed E-state index contributed by atoms with van der Waals surface area (Å²) in [5.41, 5.74) is 3.50. The molecule has 4 aromatic carbocycles. The van der Waals surface area contributed by atoms with Crippen LogP contribution in [0.25, 0.3) is 0 Å². The standard InChI is InChI=1S/C36H38ClN3O5S/c1-45-32-18-9-28(10-19-32)24-38-36(42)34(23-27-5-3-2-4-6-27)40(25-29-7-14-30(37)15-8-29)35(41)22-13-26-11-20-33(21-12-26)46(43,44)39-31-16-17-31/h2-12,14-15,18-21,31,34,39H,13,16-17,22-25H2,1H3,(H,38,42)/t34-/m0/s1. The summed E-state index contributed by atoms with van der Waals surface area (Å²) in [6, 6.07) is 30.2. The molecule has 0 bridgehead atoms. The number of benzene rings is 4. The highest BCUT2D eigenvalue weighted by Crippen LogP contribution is 2.23. The van der Waals surface area contributed by atoms with Gasteiger partial charge >= 0.3 is 0 Å². The van der Waals surface area contributed by atoms with Crippen molar-refractivity contribution in [1.82, 2.24) is 14.9 Å². The van der Waals surface area contributed by atoms with Crippen LogP contribution in [0.15, 0.2) is 108 Å². The number of carbonyl (C=O) groups is 2. The maximum Gasteiger partial charge on any atom is 0.243 e. The number of aryl methyl sites for hydroxylation is 1. The molecule has 0 heterocycles. The molecule has 1 fully saturated rings. The Morgan fingerprint density at radius 3 is 2.11 bits per heavy atom. The fraction of sp³-hybridized carbons (Fsp3) is 0.278. The number of carbonyl (C=O) groups excluding carboxylic acids is 2. The molecule has 4 aromatic rings. The number of halogens is 1. The summed E-state index contributed by atoms with van der Waals surface area (Å²) in [7, 11) is -1.96. The van der Waals surface area contributed by atoms with Crippen LogP contribution in [0.3, 0.4) is 0 Å². The number of hydrogen-bond donors (Lipinski definition) is 2. The fourth-order valence-electron chi connectivity index (χ4n) is 5.11. The molecule has 0 spiro atoms. The van der Waals surface area contributed by atoms with Crippen LogP contribution in [-0.2, 0) is 45.5 Å². The summed E-state index contributed by atoms with van der Waals surface area (Å²) < 4.78 is 33.1. The van der Waals surface area contributed by atoms with Gasteiger partial charge in [0.2, 0.25) is 21.8 Å². The number of nitrogens with one attached hydrogen (secondary N) is 2. The Labute approximate surface area is 275 Å². The van der Waals surface area contributed by atoms with Gasteiger partial charge in [-0.2, -0.15) is 0 Å². The molecule has 0 aliphatic heterocycles. The van der Waals surface area contributed by atoms with Gasteiger partial charge in [-0.25, -0.2) is 13.1 Å². The van der Waals surface area contributed by atoms with Crippen molar-refractivity contribution in [2.24, 2.45) is 0 Å². The number of rotatable bonds is 15. The van der Waals surface area contributed by atoms with Gasteiger partial charge in [-0.3, -0.25) is 9.59 Å². The highest BCUT2D eigenvalue weighted by Gasteiger charge is 2.31. The molecular formula is C36H38ClN3O5S.